The van der Waals surface area contributed by atoms with Crippen molar-refractivity contribution in [3.05, 3.63) is 48.6 Å². The minimum atomic E-state index is -0.949. The molecule has 1 unspecified atom stereocenters. The number of hydrogen-bond donors (Lipinski definition) is 2. The Kier molecular flexibility index (Phi) is 14.8. The van der Waals surface area contributed by atoms with Gasteiger partial charge < -0.3 is 29.7 Å². The summed E-state index contributed by atoms with van der Waals surface area (Å²) in [7, 11) is 4.97. The predicted octanol–water partition coefficient (Wildman–Crippen LogP) is 4.36. The summed E-state index contributed by atoms with van der Waals surface area (Å²) in [5.41, 5.74) is 0.677. The van der Waals surface area contributed by atoms with E-state index < -0.39 is 30.3 Å². The second-order valence-electron chi connectivity index (χ2n) is 12.4. The van der Waals surface area contributed by atoms with E-state index in [-0.39, 0.29) is 48.1 Å². The van der Waals surface area contributed by atoms with Gasteiger partial charge in [-0.05, 0) is 30.2 Å². The number of hydrogen-bond acceptors (Lipinski definition) is 6. The van der Waals surface area contributed by atoms with Gasteiger partial charge in [0.05, 0.1) is 42.7 Å². The van der Waals surface area contributed by atoms with Crippen LogP contribution in [0.3, 0.4) is 0 Å². The van der Waals surface area contributed by atoms with Crippen LogP contribution in [-0.2, 0) is 23.9 Å². The van der Waals surface area contributed by atoms with Crippen LogP contribution in [0.25, 0.3) is 0 Å². The summed E-state index contributed by atoms with van der Waals surface area (Å²) in [4.78, 5) is 43.8. The number of carbonyl (C=O) groups is 3. The first-order chi connectivity index (χ1) is 20.4. The quantitative estimate of drug-likeness (QED) is 0.257. The number of ether oxygens (including phenoxy) is 2. The Hall–Kier alpha value is -2.75. The monoisotopic (exact) mass is 601 g/mol. The topological polar surface area (TPSA) is 108 Å². The summed E-state index contributed by atoms with van der Waals surface area (Å²) >= 11 is 0. The van der Waals surface area contributed by atoms with E-state index in [1.165, 1.54) is 6.08 Å². The van der Waals surface area contributed by atoms with Crippen LogP contribution >= 0.6 is 0 Å². The fraction of sp³-hybridized carbons (Fsp3) is 0.676. The second kappa shape index (κ2) is 17.5. The van der Waals surface area contributed by atoms with Crippen LogP contribution < -0.4 is 5.32 Å². The molecule has 242 valence electrons. The molecule has 1 aromatic rings. The largest absolute Gasteiger partial charge is 0.386 e. The molecule has 0 aliphatic carbocycles. The third-order valence-electron chi connectivity index (χ3n) is 8.93. The van der Waals surface area contributed by atoms with Gasteiger partial charge in [-0.15, -0.1) is 6.58 Å². The Morgan fingerprint density at radius 3 is 2.30 bits per heavy atom. The van der Waals surface area contributed by atoms with Crippen LogP contribution in [-0.4, -0.2) is 90.8 Å². The summed E-state index contributed by atoms with van der Waals surface area (Å²) in [6, 6.07) is 7.89. The lowest BCUT2D eigenvalue weighted by Crippen LogP contribution is -2.53. The maximum atomic E-state index is 13.8. The van der Waals surface area contributed by atoms with Crippen molar-refractivity contribution >= 4 is 17.7 Å². The first-order valence-corrected chi connectivity index (χ1v) is 15.7. The number of likely N-dealkylation sites (tertiary alicyclic amines) is 1. The summed E-state index contributed by atoms with van der Waals surface area (Å²) in [6.45, 7) is 14.4. The third kappa shape index (κ3) is 9.62. The van der Waals surface area contributed by atoms with E-state index in [1.807, 2.05) is 44.0 Å². The van der Waals surface area contributed by atoms with Gasteiger partial charge >= 0.3 is 0 Å². The van der Waals surface area contributed by atoms with Crippen LogP contribution in [0.5, 0.6) is 0 Å². The van der Waals surface area contributed by atoms with E-state index in [4.69, 9.17) is 9.47 Å². The number of aliphatic hydroxyl groups is 1. The number of benzene rings is 1. The van der Waals surface area contributed by atoms with E-state index in [1.54, 1.807) is 38.2 Å². The number of rotatable bonds is 17. The van der Waals surface area contributed by atoms with Crippen molar-refractivity contribution in [1.29, 1.82) is 0 Å². The van der Waals surface area contributed by atoms with Crippen LogP contribution in [0.4, 0.5) is 0 Å². The molecule has 0 bridgehead atoms. The van der Waals surface area contributed by atoms with Gasteiger partial charge in [0, 0.05) is 34.2 Å². The lowest BCUT2D eigenvalue weighted by Gasteiger charge is -2.39. The number of nitrogens with zero attached hydrogens (tertiary/aromatic N) is 2. The Balaban J connectivity index is 2.18. The average molecular weight is 602 g/mol. The number of likely N-dealkylation sites (N-methyl/N-ethyl adjacent to an activating group) is 1. The van der Waals surface area contributed by atoms with E-state index in [0.29, 0.717) is 24.9 Å². The minimum absolute atomic E-state index is 0.0448. The molecule has 43 heavy (non-hydrogen) atoms. The minimum Gasteiger partial charge on any atom is -0.386 e. The Morgan fingerprint density at radius 1 is 1.12 bits per heavy atom. The summed E-state index contributed by atoms with van der Waals surface area (Å²) in [6.07, 6.45) is 2.46. The van der Waals surface area contributed by atoms with Gasteiger partial charge in [0.1, 0.15) is 6.10 Å². The lowest BCUT2D eigenvalue weighted by molar-refractivity contribution is -0.146. The third-order valence-corrected chi connectivity index (χ3v) is 8.93. The van der Waals surface area contributed by atoms with Crippen molar-refractivity contribution in [3.63, 3.8) is 0 Å². The Bertz CT molecular complexity index is 1030. The fourth-order valence-electron chi connectivity index (χ4n) is 6.24. The predicted molar refractivity (Wildman–Crippen MR) is 169 cm³/mol. The van der Waals surface area contributed by atoms with E-state index in [2.05, 4.69) is 25.7 Å². The van der Waals surface area contributed by atoms with E-state index in [0.717, 1.165) is 12.8 Å². The first-order valence-electron chi connectivity index (χ1n) is 15.7. The molecule has 8 atom stereocenters. The fourth-order valence-corrected chi connectivity index (χ4v) is 6.24. The molecule has 0 spiro atoms. The molecule has 0 saturated carbocycles. The Labute approximate surface area is 259 Å². The highest BCUT2D eigenvalue weighted by molar-refractivity contribution is 5.81. The smallest absolute Gasteiger partial charge is 0.226 e. The highest BCUT2D eigenvalue weighted by Crippen LogP contribution is 2.30. The molecule has 1 aromatic carbocycles. The molecule has 1 heterocycles. The number of nitrogens with one attached hydrogen (secondary N) is 1. The molecule has 9 heteroatoms. The second-order valence-corrected chi connectivity index (χ2v) is 12.4. The van der Waals surface area contributed by atoms with Gasteiger partial charge in [-0.25, -0.2) is 0 Å². The van der Waals surface area contributed by atoms with Gasteiger partial charge in [0.15, 0.2) is 0 Å². The zero-order chi connectivity index (χ0) is 32.3. The molecule has 1 aliphatic heterocycles. The van der Waals surface area contributed by atoms with Crippen LogP contribution in [0.2, 0.25) is 0 Å². The molecule has 9 nitrogen and oxygen atoms in total. The maximum Gasteiger partial charge on any atom is 0.226 e. The summed E-state index contributed by atoms with van der Waals surface area (Å²) in [5.74, 6) is -0.557. The molecule has 0 aromatic heterocycles. The standard InChI is InChI=1S/C34H55N3O6/c1-10-23(5)31(36(7)29(38)20-22(3)4)28(42-8)21-30(39)37-19-15-18-27(37)33(43-9)24(6)34(41)35-26(11-2)32(40)25-16-13-12-14-17-25/h11-14,16-17,22-24,26-28,31-33,40H,2,10,15,18-21H2,1,3-9H3,(H,35,41)/t23-,24+,26+,27-,28+,31-,32?,33+/m0/s1. The van der Waals surface area contributed by atoms with Crippen LogP contribution in [0.1, 0.15) is 78.4 Å². The number of methoxy groups -OCH3 is 2. The maximum absolute atomic E-state index is 13.8. The molecule has 0 radical (unpaired) electrons. The van der Waals surface area contributed by atoms with E-state index >= 15 is 0 Å². The molecule has 1 saturated heterocycles. The molecule has 2 rings (SSSR count). The van der Waals surface area contributed by atoms with Crippen molar-refractivity contribution in [3.8, 4) is 0 Å². The van der Waals surface area contributed by atoms with Crippen molar-refractivity contribution in [1.82, 2.24) is 15.1 Å². The SMILES string of the molecule is C=C[C@@H](NC(=O)[C@H](C)[C@@H](OC)[C@@H]1CCCN1C(=O)C[C@@H](OC)[C@H]([C@@H](C)CC)N(C)C(=O)CC(C)C)C(O)c1ccccc1. The highest BCUT2D eigenvalue weighted by Gasteiger charge is 2.42. The zero-order valence-electron chi connectivity index (χ0n) is 27.5. The van der Waals surface area contributed by atoms with Crippen molar-refractivity contribution in [2.24, 2.45) is 17.8 Å². The molecule has 1 fully saturated rings. The molecular weight excluding hydrogens is 546 g/mol. The van der Waals surface area contributed by atoms with Gasteiger partial charge in [0.2, 0.25) is 17.7 Å². The summed E-state index contributed by atoms with van der Waals surface area (Å²) < 4.78 is 11.8. The van der Waals surface area contributed by atoms with Gasteiger partial charge in [-0.1, -0.05) is 77.4 Å². The molecule has 3 amide bonds. The van der Waals surface area contributed by atoms with E-state index in [9.17, 15) is 19.5 Å². The molecule has 2 N–H and O–H groups in total. The highest BCUT2D eigenvalue weighted by atomic mass is 16.5. The van der Waals surface area contributed by atoms with Crippen molar-refractivity contribution in [2.45, 2.75) is 103 Å². The number of carbonyl (C=O) groups excluding carboxylic acids is 3. The molecular formula is C34H55N3O6. The van der Waals surface area contributed by atoms with Gasteiger partial charge in [-0.2, -0.15) is 0 Å². The van der Waals surface area contributed by atoms with Crippen LogP contribution in [0.15, 0.2) is 43.0 Å². The van der Waals surface area contributed by atoms with Crippen LogP contribution in [0, 0.1) is 17.8 Å². The molecule has 1 aliphatic rings. The lowest BCUT2D eigenvalue weighted by atomic mass is 9.90. The number of amides is 3. The number of aliphatic hydroxyl groups excluding tert-OH is 1. The van der Waals surface area contributed by atoms with Crippen molar-refractivity contribution in [2.75, 3.05) is 27.8 Å². The average Bonchev–Trinajstić information content (AvgIpc) is 3.48. The van der Waals surface area contributed by atoms with Gasteiger partial charge in [0.25, 0.3) is 0 Å². The normalized spacial score (nSPS) is 20.0. The Morgan fingerprint density at radius 2 is 1.77 bits per heavy atom. The van der Waals surface area contributed by atoms with Gasteiger partial charge in [-0.3, -0.25) is 14.4 Å². The summed E-state index contributed by atoms with van der Waals surface area (Å²) in [5, 5.41) is 13.8. The van der Waals surface area contributed by atoms with Crippen molar-refractivity contribution < 1.29 is 29.0 Å². The zero-order valence-corrected chi connectivity index (χ0v) is 27.5. The first kappa shape index (κ1) is 36.4.